The quantitative estimate of drug-likeness (QED) is 0.890. The highest BCUT2D eigenvalue weighted by molar-refractivity contribution is 5.66. The largest absolute Gasteiger partial charge is 0.506 e. The van der Waals surface area contributed by atoms with Gasteiger partial charge >= 0.3 is 6.09 Å². The van der Waals surface area contributed by atoms with Crippen LogP contribution in [0.3, 0.4) is 0 Å². The number of amides is 1. The first kappa shape index (κ1) is 17.3. The van der Waals surface area contributed by atoms with Crippen LogP contribution in [0.15, 0.2) is 18.5 Å². The number of hydrogen-bond donors (Lipinski definition) is 2. The van der Waals surface area contributed by atoms with Gasteiger partial charge in [0.15, 0.2) is 0 Å². The van der Waals surface area contributed by atoms with E-state index in [0.717, 1.165) is 37.1 Å². The maximum atomic E-state index is 11.6. The standard InChI is InChI=1S/C18H24N4O3/c1-12-15(23)7-6-13(20-12)16-14(21(2)11-19-16)10-18(8-4-5-9-18)22(3)17(24)25/h6-7,11,23H,4-5,8-10H2,1-3H3,(H,24,25). The Morgan fingerprint density at radius 3 is 2.64 bits per heavy atom. The maximum Gasteiger partial charge on any atom is 0.407 e. The van der Waals surface area contributed by atoms with E-state index in [4.69, 9.17) is 0 Å². The molecule has 0 aromatic carbocycles. The lowest BCUT2D eigenvalue weighted by atomic mass is 9.89. The van der Waals surface area contributed by atoms with Crippen LogP contribution in [0.2, 0.25) is 0 Å². The SMILES string of the molecule is Cc1nc(-c2ncn(C)c2CC2(N(C)C(=O)O)CCCC2)ccc1O. The summed E-state index contributed by atoms with van der Waals surface area (Å²) in [5.74, 6) is 0.152. The van der Waals surface area contributed by atoms with E-state index in [0.29, 0.717) is 17.8 Å². The van der Waals surface area contributed by atoms with Crippen molar-refractivity contribution in [1.29, 1.82) is 0 Å². The van der Waals surface area contributed by atoms with Gasteiger partial charge in [-0.05, 0) is 31.9 Å². The van der Waals surface area contributed by atoms with Gasteiger partial charge in [-0.25, -0.2) is 14.8 Å². The van der Waals surface area contributed by atoms with Crippen LogP contribution in [0.4, 0.5) is 4.79 Å². The Hall–Kier alpha value is -2.57. The van der Waals surface area contributed by atoms with E-state index in [1.54, 1.807) is 32.4 Å². The molecule has 7 heteroatoms. The smallest absolute Gasteiger partial charge is 0.407 e. The number of carboxylic acid groups (broad SMARTS) is 1. The molecule has 134 valence electrons. The normalized spacial score (nSPS) is 16.1. The summed E-state index contributed by atoms with van der Waals surface area (Å²) >= 11 is 0. The summed E-state index contributed by atoms with van der Waals surface area (Å²) in [6, 6.07) is 3.36. The fourth-order valence-corrected chi connectivity index (χ4v) is 3.74. The first-order valence-electron chi connectivity index (χ1n) is 8.48. The third kappa shape index (κ3) is 3.06. The number of imidazole rings is 1. The van der Waals surface area contributed by atoms with E-state index in [-0.39, 0.29) is 5.75 Å². The number of likely N-dealkylation sites (N-methyl/N-ethyl adjacent to an activating group) is 1. The molecular weight excluding hydrogens is 320 g/mol. The molecule has 1 saturated carbocycles. The number of aromatic hydroxyl groups is 1. The van der Waals surface area contributed by atoms with Gasteiger partial charge in [0, 0.05) is 26.2 Å². The van der Waals surface area contributed by atoms with Gasteiger partial charge in [-0.15, -0.1) is 0 Å². The molecule has 0 aliphatic heterocycles. The Labute approximate surface area is 147 Å². The molecule has 2 aromatic heterocycles. The van der Waals surface area contributed by atoms with Crippen LogP contribution in [0.5, 0.6) is 5.75 Å². The predicted molar refractivity (Wildman–Crippen MR) is 93.5 cm³/mol. The van der Waals surface area contributed by atoms with Crippen LogP contribution < -0.4 is 0 Å². The molecule has 1 aliphatic carbocycles. The summed E-state index contributed by atoms with van der Waals surface area (Å²) < 4.78 is 1.94. The molecule has 0 radical (unpaired) electrons. The number of pyridine rings is 1. The molecule has 2 heterocycles. The van der Waals surface area contributed by atoms with Crippen molar-refractivity contribution < 1.29 is 15.0 Å². The van der Waals surface area contributed by atoms with E-state index < -0.39 is 11.6 Å². The second kappa shape index (κ2) is 6.38. The molecule has 1 aliphatic rings. The molecule has 0 bridgehead atoms. The van der Waals surface area contributed by atoms with Crippen LogP contribution >= 0.6 is 0 Å². The minimum absolute atomic E-state index is 0.152. The molecule has 1 amide bonds. The topological polar surface area (TPSA) is 91.5 Å². The van der Waals surface area contributed by atoms with Crippen molar-refractivity contribution in [3.8, 4) is 17.1 Å². The third-order valence-corrected chi connectivity index (χ3v) is 5.39. The van der Waals surface area contributed by atoms with Crippen molar-refractivity contribution in [2.24, 2.45) is 7.05 Å². The minimum atomic E-state index is -0.899. The average Bonchev–Trinajstić information content (AvgIpc) is 3.18. The molecule has 7 nitrogen and oxygen atoms in total. The zero-order chi connectivity index (χ0) is 18.2. The van der Waals surface area contributed by atoms with Crippen molar-refractivity contribution >= 4 is 6.09 Å². The fraction of sp³-hybridized carbons (Fsp3) is 0.500. The van der Waals surface area contributed by atoms with Gasteiger partial charge in [-0.1, -0.05) is 12.8 Å². The summed E-state index contributed by atoms with van der Waals surface area (Å²) in [5.41, 5.74) is 2.55. The monoisotopic (exact) mass is 344 g/mol. The maximum absolute atomic E-state index is 11.6. The van der Waals surface area contributed by atoms with Gasteiger partial charge < -0.3 is 19.7 Å². The molecule has 3 rings (SSSR count). The fourth-order valence-electron chi connectivity index (χ4n) is 3.74. The van der Waals surface area contributed by atoms with Crippen LogP contribution in [0.1, 0.15) is 37.1 Å². The third-order valence-electron chi connectivity index (χ3n) is 5.39. The van der Waals surface area contributed by atoms with E-state index in [1.165, 1.54) is 4.90 Å². The summed E-state index contributed by atoms with van der Waals surface area (Å²) in [6.45, 7) is 1.75. The van der Waals surface area contributed by atoms with E-state index in [2.05, 4.69) is 9.97 Å². The molecule has 25 heavy (non-hydrogen) atoms. The first-order chi connectivity index (χ1) is 11.8. The van der Waals surface area contributed by atoms with Crippen molar-refractivity contribution in [3.05, 3.63) is 29.8 Å². The highest BCUT2D eigenvalue weighted by Crippen LogP contribution is 2.39. The summed E-state index contributed by atoms with van der Waals surface area (Å²) in [5, 5.41) is 19.2. The summed E-state index contributed by atoms with van der Waals surface area (Å²) in [7, 11) is 3.58. The lowest BCUT2D eigenvalue weighted by molar-refractivity contribution is 0.0944. The summed E-state index contributed by atoms with van der Waals surface area (Å²) in [4.78, 5) is 22.0. The Balaban J connectivity index is 2.01. The van der Waals surface area contributed by atoms with Crippen molar-refractivity contribution in [1.82, 2.24) is 19.4 Å². The Morgan fingerprint density at radius 1 is 1.36 bits per heavy atom. The number of carbonyl (C=O) groups is 1. The van der Waals surface area contributed by atoms with Crippen molar-refractivity contribution in [2.75, 3.05) is 7.05 Å². The Morgan fingerprint density at radius 2 is 2.04 bits per heavy atom. The van der Waals surface area contributed by atoms with Crippen LogP contribution in [0, 0.1) is 6.92 Å². The number of rotatable bonds is 4. The number of aromatic nitrogens is 3. The minimum Gasteiger partial charge on any atom is -0.506 e. The predicted octanol–water partition coefficient (Wildman–Crippen LogP) is 2.96. The van der Waals surface area contributed by atoms with E-state index in [9.17, 15) is 15.0 Å². The summed E-state index contributed by atoms with van der Waals surface area (Å²) in [6.07, 6.45) is 5.19. The number of aryl methyl sites for hydroxylation is 2. The van der Waals surface area contributed by atoms with Gasteiger partial charge in [0.25, 0.3) is 0 Å². The molecular formula is C18H24N4O3. The molecule has 0 spiro atoms. The second-order valence-corrected chi connectivity index (χ2v) is 6.90. The average molecular weight is 344 g/mol. The lowest BCUT2D eigenvalue weighted by Gasteiger charge is -2.37. The Kier molecular flexibility index (Phi) is 4.41. The van der Waals surface area contributed by atoms with Crippen molar-refractivity contribution in [3.63, 3.8) is 0 Å². The van der Waals surface area contributed by atoms with E-state index >= 15 is 0 Å². The van der Waals surface area contributed by atoms with Gasteiger partial charge in [-0.3, -0.25) is 0 Å². The highest BCUT2D eigenvalue weighted by Gasteiger charge is 2.41. The molecule has 2 aromatic rings. The van der Waals surface area contributed by atoms with E-state index in [1.807, 2.05) is 11.6 Å². The van der Waals surface area contributed by atoms with Crippen LogP contribution in [-0.2, 0) is 13.5 Å². The van der Waals surface area contributed by atoms with Crippen LogP contribution in [-0.4, -0.2) is 48.3 Å². The van der Waals surface area contributed by atoms with Crippen LogP contribution in [0.25, 0.3) is 11.4 Å². The van der Waals surface area contributed by atoms with Gasteiger partial charge in [-0.2, -0.15) is 0 Å². The molecule has 0 unspecified atom stereocenters. The zero-order valence-corrected chi connectivity index (χ0v) is 14.9. The first-order valence-corrected chi connectivity index (χ1v) is 8.48. The Bertz CT molecular complexity index is 794. The van der Waals surface area contributed by atoms with Crippen molar-refractivity contribution in [2.45, 2.75) is 44.6 Å². The number of hydrogen-bond acceptors (Lipinski definition) is 4. The molecule has 0 saturated heterocycles. The lowest BCUT2D eigenvalue weighted by Crippen LogP contribution is -2.49. The number of nitrogens with zero attached hydrogens (tertiary/aromatic N) is 4. The highest BCUT2D eigenvalue weighted by atomic mass is 16.4. The van der Waals surface area contributed by atoms with Gasteiger partial charge in [0.05, 0.1) is 23.3 Å². The molecule has 1 fully saturated rings. The second-order valence-electron chi connectivity index (χ2n) is 6.90. The van der Waals surface area contributed by atoms with Gasteiger partial charge in [0.2, 0.25) is 0 Å². The van der Waals surface area contributed by atoms with Gasteiger partial charge in [0.1, 0.15) is 11.4 Å². The zero-order valence-electron chi connectivity index (χ0n) is 14.9. The molecule has 0 atom stereocenters. The molecule has 2 N–H and O–H groups in total.